The predicted molar refractivity (Wildman–Crippen MR) is 44.6 cm³/mol. The lowest BCUT2D eigenvalue weighted by Gasteiger charge is -1.99. The van der Waals surface area contributed by atoms with E-state index in [0.29, 0.717) is 4.51 Å². The van der Waals surface area contributed by atoms with E-state index in [1.54, 1.807) is 12.3 Å². The van der Waals surface area contributed by atoms with Crippen molar-refractivity contribution in [2.45, 2.75) is 0 Å². The molecule has 0 radical (unpaired) electrons. The fraction of sp³-hybridized carbons (Fsp3) is 0. The Morgan fingerprint density at radius 3 is 2.64 bits per heavy atom. The van der Waals surface area contributed by atoms with Gasteiger partial charge in [-0.05, 0) is 6.07 Å². The van der Waals surface area contributed by atoms with Crippen LogP contribution in [0.15, 0.2) is 12.3 Å². The molecular formula is C6H7N3OS. The number of nitrogen functional groups attached to an aromatic ring is 1. The molecule has 5 N–H and O–H groups in total. The summed E-state index contributed by atoms with van der Waals surface area (Å²) in [6.45, 7) is 0. The van der Waals surface area contributed by atoms with Gasteiger partial charge in [-0.2, -0.15) is 0 Å². The number of carbonyl (C=O) groups is 1. The molecule has 11 heavy (non-hydrogen) atoms. The zero-order chi connectivity index (χ0) is 8.43. The zero-order valence-corrected chi connectivity index (χ0v) is 6.44. The molecular weight excluding hydrogens is 162 g/mol. The van der Waals surface area contributed by atoms with E-state index >= 15 is 0 Å². The van der Waals surface area contributed by atoms with E-state index in [1.807, 2.05) is 0 Å². The third-order valence-corrected chi connectivity index (χ3v) is 1.58. The van der Waals surface area contributed by atoms with E-state index in [4.69, 9.17) is 23.7 Å². The lowest BCUT2D eigenvalue weighted by molar-refractivity contribution is 0.100. The molecule has 0 saturated carbocycles. The predicted octanol–water partition coefficient (Wildman–Crippen LogP) is 0.425. The number of aromatic amines is 1. The molecule has 0 saturated heterocycles. The number of aromatic nitrogens is 1. The Kier molecular flexibility index (Phi) is 1.91. The van der Waals surface area contributed by atoms with Gasteiger partial charge >= 0.3 is 0 Å². The first-order valence-corrected chi connectivity index (χ1v) is 3.30. The lowest BCUT2D eigenvalue weighted by Crippen LogP contribution is -2.14. The number of anilines is 1. The van der Waals surface area contributed by atoms with Crippen LogP contribution in [0.25, 0.3) is 0 Å². The second-order valence-corrected chi connectivity index (χ2v) is 2.43. The highest BCUT2D eigenvalue weighted by Gasteiger charge is 2.06. The lowest BCUT2D eigenvalue weighted by atomic mass is 10.2. The molecule has 1 rings (SSSR count). The molecule has 0 aliphatic carbocycles. The number of rotatable bonds is 1. The first-order valence-electron chi connectivity index (χ1n) is 2.90. The number of amides is 1. The molecule has 0 atom stereocenters. The molecule has 58 valence electrons. The maximum Gasteiger partial charge on any atom is 0.253 e. The molecule has 0 spiro atoms. The van der Waals surface area contributed by atoms with Gasteiger partial charge in [0.15, 0.2) is 0 Å². The van der Waals surface area contributed by atoms with Gasteiger partial charge in [-0.15, -0.1) is 0 Å². The fourth-order valence-electron chi connectivity index (χ4n) is 0.750. The Hall–Kier alpha value is -1.36. The minimum absolute atomic E-state index is 0.183. The van der Waals surface area contributed by atoms with Crippen LogP contribution in [0, 0.1) is 4.51 Å². The van der Waals surface area contributed by atoms with Gasteiger partial charge in [0, 0.05) is 6.20 Å². The molecule has 1 heterocycles. The molecule has 1 aromatic rings. The van der Waals surface area contributed by atoms with Crippen molar-refractivity contribution in [1.29, 1.82) is 0 Å². The SMILES string of the molecule is NC(=O)c1c(N)[nH]ccc1=S. The van der Waals surface area contributed by atoms with Crippen LogP contribution < -0.4 is 11.5 Å². The van der Waals surface area contributed by atoms with Crippen LogP contribution in [0.1, 0.15) is 10.4 Å². The monoisotopic (exact) mass is 169 g/mol. The summed E-state index contributed by atoms with van der Waals surface area (Å²) in [7, 11) is 0. The van der Waals surface area contributed by atoms with Crippen LogP contribution >= 0.6 is 12.2 Å². The molecule has 0 fully saturated rings. The highest BCUT2D eigenvalue weighted by molar-refractivity contribution is 7.71. The van der Waals surface area contributed by atoms with Gasteiger partial charge < -0.3 is 16.5 Å². The minimum Gasteiger partial charge on any atom is -0.385 e. The van der Waals surface area contributed by atoms with Crippen molar-refractivity contribution < 1.29 is 4.79 Å². The van der Waals surface area contributed by atoms with E-state index in [9.17, 15) is 4.79 Å². The number of hydrogen-bond donors (Lipinski definition) is 3. The van der Waals surface area contributed by atoms with E-state index < -0.39 is 5.91 Å². The minimum atomic E-state index is -0.607. The molecule has 5 heteroatoms. The van der Waals surface area contributed by atoms with E-state index in [1.165, 1.54) is 0 Å². The van der Waals surface area contributed by atoms with Crippen molar-refractivity contribution >= 4 is 23.9 Å². The van der Waals surface area contributed by atoms with E-state index in [2.05, 4.69) is 4.98 Å². The topological polar surface area (TPSA) is 84.9 Å². The summed E-state index contributed by atoms with van der Waals surface area (Å²) >= 11 is 4.81. The number of primary amides is 1. The van der Waals surface area contributed by atoms with E-state index in [0.717, 1.165) is 0 Å². The molecule has 1 amide bonds. The van der Waals surface area contributed by atoms with Crippen LogP contribution in [0.2, 0.25) is 0 Å². The van der Waals surface area contributed by atoms with Crippen molar-refractivity contribution in [3.63, 3.8) is 0 Å². The maximum absolute atomic E-state index is 10.7. The molecule has 0 aromatic carbocycles. The summed E-state index contributed by atoms with van der Waals surface area (Å²) in [6, 6.07) is 1.56. The van der Waals surface area contributed by atoms with Crippen molar-refractivity contribution in [2.75, 3.05) is 5.73 Å². The Morgan fingerprint density at radius 2 is 2.27 bits per heavy atom. The smallest absolute Gasteiger partial charge is 0.253 e. The summed E-state index contributed by atoms with van der Waals surface area (Å²) in [4.78, 5) is 13.3. The first-order chi connectivity index (χ1) is 5.13. The highest BCUT2D eigenvalue weighted by atomic mass is 32.1. The Balaban J connectivity index is 3.45. The van der Waals surface area contributed by atoms with Crippen LogP contribution in [0.4, 0.5) is 5.82 Å². The third kappa shape index (κ3) is 1.38. The largest absolute Gasteiger partial charge is 0.385 e. The Bertz CT molecular complexity index is 344. The van der Waals surface area contributed by atoms with Gasteiger partial charge in [0.1, 0.15) is 5.82 Å². The third-order valence-electron chi connectivity index (χ3n) is 1.24. The average molecular weight is 169 g/mol. The standard InChI is InChI=1S/C6H7N3OS/c7-5-4(6(8)10)3(11)1-2-9-5/h1-2H,(H2,8,10)(H3,7,9,11). The second kappa shape index (κ2) is 2.71. The van der Waals surface area contributed by atoms with Crippen molar-refractivity contribution in [3.05, 3.63) is 22.3 Å². The van der Waals surface area contributed by atoms with Crippen LogP contribution in [-0.4, -0.2) is 10.9 Å². The van der Waals surface area contributed by atoms with Crippen LogP contribution in [-0.2, 0) is 0 Å². The zero-order valence-electron chi connectivity index (χ0n) is 5.63. The van der Waals surface area contributed by atoms with Crippen molar-refractivity contribution in [2.24, 2.45) is 5.73 Å². The Labute approximate surface area is 68.2 Å². The molecule has 0 aliphatic heterocycles. The highest BCUT2D eigenvalue weighted by Crippen LogP contribution is 2.07. The number of carbonyl (C=O) groups excluding carboxylic acids is 1. The summed E-state index contributed by atoms with van der Waals surface area (Å²) in [5.41, 5.74) is 10.6. The first kappa shape index (κ1) is 7.74. The Morgan fingerprint density at radius 1 is 1.64 bits per heavy atom. The van der Waals surface area contributed by atoms with Crippen LogP contribution in [0.5, 0.6) is 0 Å². The van der Waals surface area contributed by atoms with Crippen molar-refractivity contribution in [3.8, 4) is 0 Å². The number of nitrogens with two attached hydrogens (primary N) is 2. The number of hydrogen-bond acceptors (Lipinski definition) is 3. The van der Waals surface area contributed by atoms with Gasteiger partial charge in [-0.1, -0.05) is 12.2 Å². The fourth-order valence-corrected chi connectivity index (χ4v) is 1.03. The number of pyridine rings is 1. The maximum atomic E-state index is 10.7. The summed E-state index contributed by atoms with van der Waals surface area (Å²) < 4.78 is 0.369. The van der Waals surface area contributed by atoms with Gasteiger partial charge in [0.25, 0.3) is 5.91 Å². The number of H-pyrrole nitrogens is 1. The molecule has 0 bridgehead atoms. The van der Waals surface area contributed by atoms with E-state index in [-0.39, 0.29) is 11.4 Å². The van der Waals surface area contributed by atoms with Crippen LogP contribution in [0.3, 0.4) is 0 Å². The summed E-state index contributed by atoms with van der Waals surface area (Å²) in [6.07, 6.45) is 1.56. The number of nitrogens with one attached hydrogen (secondary N) is 1. The summed E-state index contributed by atoms with van der Waals surface area (Å²) in [5, 5.41) is 0. The molecule has 4 nitrogen and oxygen atoms in total. The van der Waals surface area contributed by atoms with Gasteiger partial charge in [0.2, 0.25) is 0 Å². The van der Waals surface area contributed by atoms with Gasteiger partial charge in [-0.25, -0.2) is 0 Å². The average Bonchev–Trinajstić information content (AvgIpc) is 1.85. The molecule has 0 unspecified atom stereocenters. The quantitative estimate of drug-likeness (QED) is 0.533. The molecule has 1 aromatic heterocycles. The van der Waals surface area contributed by atoms with Gasteiger partial charge in [-0.3, -0.25) is 4.79 Å². The molecule has 0 aliphatic rings. The normalized spacial score (nSPS) is 9.45. The van der Waals surface area contributed by atoms with Gasteiger partial charge in [0.05, 0.1) is 10.1 Å². The van der Waals surface area contributed by atoms with Crippen molar-refractivity contribution in [1.82, 2.24) is 4.98 Å². The second-order valence-electron chi connectivity index (χ2n) is 1.99. The summed E-state index contributed by atoms with van der Waals surface area (Å²) in [5.74, 6) is -0.394.